The molecule has 24 heavy (non-hydrogen) atoms. The quantitative estimate of drug-likeness (QED) is 0.750. The molecule has 0 saturated carbocycles. The van der Waals surface area contributed by atoms with Crippen molar-refractivity contribution in [3.8, 4) is 5.75 Å². The minimum absolute atomic E-state index is 0.173. The summed E-state index contributed by atoms with van der Waals surface area (Å²) < 4.78 is 67.7. The molecule has 0 saturated heterocycles. The number of hydrogen-bond acceptors (Lipinski definition) is 5. The van der Waals surface area contributed by atoms with Gasteiger partial charge in [0.15, 0.2) is 5.13 Å². The van der Waals surface area contributed by atoms with Gasteiger partial charge < -0.3 is 4.74 Å². The predicted octanol–water partition coefficient (Wildman–Crippen LogP) is 4.00. The van der Waals surface area contributed by atoms with Gasteiger partial charge in [0.05, 0.1) is 15.1 Å². The lowest BCUT2D eigenvalue weighted by Crippen LogP contribution is -2.17. The van der Waals surface area contributed by atoms with E-state index in [-0.39, 0.29) is 10.0 Å². The minimum Gasteiger partial charge on any atom is -0.406 e. The van der Waals surface area contributed by atoms with Crippen molar-refractivity contribution >= 4 is 36.7 Å². The summed E-state index contributed by atoms with van der Waals surface area (Å²) in [5.74, 6) is -0.499. The summed E-state index contributed by atoms with van der Waals surface area (Å²) in [5, 5.41) is 0.173. The number of thiazole rings is 1. The first kappa shape index (κ1) is 16.5. The van der Waals surface area contributed by atoms with Crippen LogP contribution in [0.1, 0.15) is 0 Å². The molecule has 0 radical (unpaired) electrons. The molecule has 0 atom stereocenters. The zero-order valence-corrected chi connectivity index (χ0v) is 13.4. The van der Waals surface area contributed by atoms with Crippen LogP contribution >= 0.6 is 11.3 Å². The number of aromatic nitrogens is 1. The minimum atomic E-state index is -4.83. The van der Waals surface area contributed by atoms with Crippen molar-refractivity contribution in [3.05, 3.63) is 48.5 Å². The lowest BCUT2D eigenvalue weighted by atomic mass is 10.3. The molecule has 0 aliphatic rings. The van der Waals surface area contributed by atoms with Crippen LogP contribution in [0.15, 0.2) is 53.4 Å². The molecule has 2 aromatic carbocycles. The Morgan fingerprint density at radius 2 is 1.71 bits per heavy atom. The van der Waals surface area contributed by atoms with Crippen molar-refractivity contribution in [1.29, 1.82) is 0 Å². The van der Waals surface area contributed by atoms with Crippen LogP contribution < -0.4 is 9.46 Å². The molecule has 1 heterocycles. The number of fused-ring (bicyclic) bond motifs is 1. The Morgan fingerprint density at radius 3 is 2.33 bits per heavy atom. The first-order chi connectivity index (χ1) is 11.2. The van der Waals surface area contributed by atoms with E-state index in [2.05, 4.69) is 14.4 Å². The van der Waals surface area contributed by atoms with E-state index >= 15 is 0 Å². The molecule has 0 aliphatic carbocycles. The van der Waals surface area contributed by atoms with E-state index in [4.69, 9.17) is 0 Å². The van der Waals surface area contributed by atoms with Crippen LogP contribution in [0.5, 0.6) is 5.75 Å². The lowest BCUT2D eigenvalue weighted by Gasteiger charge is -2.09. The number of rotatable bonds is 4. The topological polar surface area (TPSA) is 68.3 Å². The van der Waals surface area contributed by atoms with Crippen LogP contribution in [-0.4, -0.2) is 19.8 Å². The van der Waals surface area contributed by atoms with Gasteiger partial charge >= 0.3 is 6.36 Å². The van der Waals surface area contributed by atoms with E-state index < -0.39 is 22.1 Å². The molecule has 5 nitrogen and oxygen atoms in total. The molecule has 3 aromatic rings. The van der Waals surface area contributed by atoms with Crippen molar-refractivity contribution in [3.63, 3.8) is 0 Å². The van der Waals surface area contributed by atoms with Crippen molar-refractivity contribution in [2.75, 3.05) is 4.72 Å². The summed E-state index contributed by atoms with van der Waals surface area (Å²) in [6.07, 6.45) is -4.83. The smallest absolute Gasteiger partial charge is 0.406 e. The number of para-hydroxylation sites is 1. The molecule has 0 bridgehead atoms. The number of benzene rings is 2. The molecule has 0 aliphatic heterocycles. The summed E-state index contributed by atoms with van der Waals surface area (Å²) in [4.78, 5) is 3.95. The number of hydrogen-bond donors (Lipinski definition) is 1. The van der Waals surface area contributed by atoms with Crippen LogP contribution in [0.2, 0.25) is 0 Å². The fourth-order valence-corrected chi connectivity index (χ4v) is 4.01. The van der Waals surface area contributed by atoms with Crippen molar-refractivity contribution < 1.29 is 26.3 Å². The maximum absolute atomic E-state index is 12.3. The maximum atomic E-state index is 12.3. The second kappa shape index (κ2) is 5.95. The maximum Gasteiger partial charge on any atom is 0.573 e. The molecular formula is C14H9F3N2O3S2. The number of nitrogens with one attached hydrogen (secondary N) is 1. The zero-order chi connectivity index (χ0) is 17.4. The first-order valence-electron chi connectivity index (χ1n) is 6.47. The van der Waals surface area contributed by atoms with Crippen LogP contribution in [-0.2, 0) is 10.0 Å². The number of alkyl halides is 3. The van der Waals surface area contributed by atoms with Gasteiger partial charge in [-0.15, -0.1) is 13.2 Å². The Labute approximate surface area is 138 Å². The summed E-state index contributed by atoms with van der Waals surface area (Å²) >= 11 is 1.15. The van der Waals surface area contributed by atoms with Gasteiger partial charge in [0.25, 0.3) is 10.0 Å². The SMILES string of the molecule is O=S(=O)(Nc1nc2ccccc2s1)c1ccc(OC(F)(F)F)cc1. The zero-order valence-electron chi connectivity index (χ0n) is 11.7. The molecule has 1 aromatic heterocycles. The lowest BCUT2D eigenvalue weighted by molar-refractivity contribution is -0.274. The van der Waals surface area contributed by atoms with Gasteiger partial charge in [0, 0.05) is 0 Å². The molecule has 0 spiro atoms. The summed E-state index contributed by atoms with van der Waals surface area (Å²) in [6.45, 7) is 0. The normalized spacial score (nSPS) is 12.3. The Kier molecular flexibility index (Phi) is 4.10. The van der Waals surface area contributed by atoms with Gasteiger partial charge in [-0.2, -0.15) is 0 Å². The first-order valence-corrected chi connectivity index (χ1v) is 8.77. The number of anilines is 1. The number of sulfonamides is 1. The highest BCUT2D eigenvalue weighted by Gasteiger charge is 2.31. The predicted molar refractivity (Wildman–Crippen MR) is 83.6 cm³/mol. The van der Waals surface area contributed by atoms with E-state index in [0.717, 1.165) is 40.3 Å². The molecule has 0 unspecified atom stereocenters. The molecule has 1 N–H and O–H groups in total. The molecule has 10 heteroatoms. The Morgan fingerprint density at radius 1 is 1.04 bits per heavy atom. The average molecular weight is 374 g/mol. The monoisotopic (exact) mass is 374 g/mol. The van der Waals surface area contributed by atoms with Crippen molar-refractivity contribution in [2.24, 2.45) is 0 Å². The standard InChI is InChI=1S/C14H9F3N2O3S2/c15-14(16,17)22-9-5-7-10(8-6-9)24(20,21)19-13-18-11-3-1-2-4-12(11)23-13/h1-8H,(H,18,19). The second-order valence-corrected chi connectivity index (χ2v) is 7.32. The van der Waals surface area contributed by atoms with Gasteiger partial charge in [-0.05, 0) is 36.4 Å². The van der Waals surface area contributed by atoms with E-state index in [9.17, 15) is 21.6 Å². The van der Waals surface area contributed by atoms with Gasteiger partial charge in [-0.3, -0.25) is 4.72 Å². The fraction of sp³-hybridized carbons (Fsp3) is 0.0714. The van der Waals surface area contributed by atoms with Crippen LogP contribution in [0.4, 0.5) is 18.3 Å². The third kappa shape index (κ3) is 3.77. The van der Waals surface area contributed by atoms with Crippen molar-refractivity contribution in [1.82, 2.24) is 4.98 Å². The highest BCUT2D eigenvalue weighted by Crippen LogP contribution is 2.28. The second-order valence-electron chi connectivity index (χ2n) is 4.61. The molecule has 0 fully saturated rings. The Bertz CT molecular complexity index is 934. The van der Waals surface area contributed by atoms with E-state index in [0.29, 0.717) is 5.52 Å². The largest absolute Gasteiger partial charge is 0.573 e. The van der Waals surface area contributed by atoms with Gasteiger partial charge in [0.2, 0.25) is 0 Å². The summed E-state index contributed by atoms with van der Waals surface area (Å²) in [5.41, 5.74) is 0.647. The third-order valence-electron chi connectivity index (χ3n) is 2.88. The Balaban J connectivity index is 1.82. The number of halogens is 3. The van der Waals surface area contributed by atoms with Crippen LogP contribution in [0.3, 0.4) is 0 Å². The fourth-order valence-electron chi connectivity index (χ4n) is 1.91. The van der Waals surface area contributed by atoms with Crippen molar-refractivity contribution in [2.45, 2.75) is 11.3 Å². The number of ether oxygens (including phenoxy) is 1. The number of nitrogens with zero attached hydrogens (tertiary/aromatic N) is 1. The summed E-state index contributed by atoms with van der Waals surface area (Å²) in [6, 6.07) is 11.0. The van der Waals surface area contributed by atoms with Crippen LogP contribution in [0, 0.1) is 0 Å². The average Bonchev–Trinajstić information content (AvgIpc) is 2.87. The molecule has 3 rings (SSSR count). The van der Waals surface area contributed by atoms with Crippen LogP contribution in [0.25, 0.3) is 10.2 Å². The molecule has 0 amide bonds. The highest BCUT2D eigenvalue weighted by atomic mass is 32.2. The van der Waals surface area contributed by atoms with E-state index in [1.807, 2.05) is 0 Å². The van der Waals surface area contributed by atoms with Gasteiger partial charge in [-0.25, -0.2) is 13.4 Å². The van der Waals surface area contributed by atoms with Gasteiger partial charge in [-0.1, -0.05) is 23.5 Å². The highest BCUT2D eigenvalue weighted by molar-refractivity contribution is 7.93. The molecule has 126 valence electrons. The molecular weight excluding hydrogens is 365 g/mol. The van der Waals surface area contributed by atoms with E-state index in [1.165, 1.54) is 0 Å². The third-order valence-corrected chi connectivity index (χ3v) is 5.32. The summed E-state index contributed by atoms with van der Waals surface area (Å²) in [7, 11) is -3.96. The van der Waals surface area contributed by atoms with Gasteiger partial charge in [0.1, 0.15) is 5.75 Å². The van der Waals surface area contributed by atoms with E-state index in [1.54, 1.807) is 24.3 Å². The Hall–Kier alpha value is -2.33.